The molecule has 2 aliphatic heterocycles. The van der Waals surface area contributed by atoms with Crippen molar-refractivity contribution in [2.75, 3.05) is 26.2 Å². The van der Waals surface area contributed by atoms with Crippen LogP contribution < -0.4 is 0 Å². The summed E-state index contributed by atoms with van der Waals surface area (Å²) in [5.41, 5.74) is 0.603. The van der Waals surface area contributed by atoms with Crippen LogP contribution in [0.15, 0.2) is 24.3 Å². The summed E-state index contributed by atoms with van der Waals surface area (Å²) in [4.78, 5) is 43.3. The number of carbonyl (C=O) groups excluding carboxylic acids is 3. The van der Waals surface area contributed by atoms with Gasteiger partial charge in [-0.05, 0) is 37.6 Å². The molecule has 1 fully saturated rings. The first-order valence-electron chi connectivity index (χ1n) is 11.5. The number of likely N-dealkylation sites (N-methyl/N-ethyl adjacent to an activating group) is 1. The van der Waals surface area contributed by atoms with E-state index in [0.29, 0.717) is 11.1 Å². The molecule has 0 spiro atoms. The maximum atomic E-state index is 13.2. The lowest BCUT2D eigenvalue weighted by Gasteiger charge is -2.36. The minimum Gasteiger partial charge on any atom is -0.478 e. The van der Waals surface area contributed by atoms with Crippen molar-refractivity contribution in [1.82, 2.24) is 14.7 Å². The molecular formula is C24H33N5O4. The molecule has 33 heavy (non-hydrogen) atoms. The lowest BCUT2D eigenvalue weighted by molar-refractivity contribution is -0.133. The molecule has 2 heterocycles. The van der Waals surface area contributed by atoms with Crippen LogP contribution >= 0.6 is 0 Å². The second kappa shape index (κ2) is 10.2. The van der Waals surface area contributed by atoms with Crippen molar-refractivity contribution in [3.63, 3.8) is 0 Å². The Morgan fingerprint density at radius 3 is 2.21 bits per heavy atom. The molecule has 0 aliphatic carbocycles. The van der Waals surface area contributed by atoms with E-state index < -0.39 is 23.8 Å². The van der Waals surface area contributed by atoms with Gasteiger partial charge in [0.2, 0.25) is 0 Å². The quantitative estimate of drug-likeness (QED) is 0.337. The van der Waals surface area contributed by atoms with Crippen molar-refractivity contribution in [2.24, 2.45) is 5.92 Å². The SMILES string of the molecule is CCN(CC)[C@H](C(=N)OCCN1C(=N)CCC(N2C(=O)c3ccccc3C2=O)C1=O)C(C)C. The third-order valence-corrected chi connectivity index (χ3v) is 6.35. The summed E-state index contributed by atoms with van der Waals surface area (Å²) in [6.07, 6.45) is 0.503. The summed E-state index contributed by atoms with van der Waals surface area (Å²) >= 11 is 0. The molecule has 2 aliphatic rings. The van der Waals surface area contributed by atoms with Gasteiger partial charge in [-0.2, -0.15) is 0 Å². The number of nitrogens with zero attached hydrogens (tertiary/aromatic N) is 3. The van der Waals surface area contributed by atoms with Gasteiger partial charge in [-0.15, -0.1) is 0 Å². The van der Waals surface area contributed by atoms with Crippen LogP contribution in [0.3, 0.4) is 0 Å². The van der Waals surface area contributed by atoms with Gasteiger partial charge in [0.15, 0.2) is 5.90 Å². The van der Waals surface area contributed by atoms with Gasteiger partial charge in [0.05, 0.1) is 23.7 Å². The maximum absolute atomic E-state index is 13.2. The fourth-order valence-corrected chi connectivity index (χ4v) is 4.66. The van der Waals surface area contributed by atoms with E-state index in [2.05, 4.69) is 4.90 Å². The minimum absolute atomic E-state index is 0.0618. The van der Waals surface area contributed by atoms with E-state index in [0.717, 1.165) is 18.0 Å². The molecule has 178 valence electrons. The summed E-state index contributed by atoms with van der Waals surface area (Å²) < 4.78 is 5.71. The number of imide groups is 1. The number of carbonyl (C=O) groups is 3. The Kier molecular flexibility index (Phi) is 7.63. The number of hydrogen-bond acceptors (Lipinski definition) is 7. The predicted octanol–water partition coefficient (Wildman–Crippen LogP) is 2.61. The van der Waals surface area contributed by atoms with Gasteiger partial charge >= 0.3 is 0 Å². The molecule has 1 saturated heterocycles. The van der Waals surface area contributed by atoms with E-state index >= 15 is 0 Å². The molecule has 1 aromatic carbocycles. The highest BCUT2D eigenvalue weighted by atomic mass is 16.5. The van der Waals surface area contributed by atoms with Crippen LogP contribution in [0.4, 0.5) is 0 Å². The summed E-state index contributed by atoms with van der Waals surface area (Å²) in [7, 11) is 0. The summed E-state index contributed by atoms with van der Waals surface area (Å²) in [6, 6.07) is 5.44. The standard InChI is InChI=1S/C24H33N5O4/c1-5-27(6-2)20(15(3)4)21(26)33-14-13-28-19(25)12-11-18(24(28)32)29-22(30)16-9-7-8-10-17(16)23(29)31/h7-10,15,18,20,25-26H,5-6,11-14H2,1-4H3/t18?,20-/m0/s1. The number of fused-ring (bicyclic) bond motifs is 1. The Labute approximate surface area is 194 Å². The summed E-state index contributed by atoms with van der Waals surface area (Å²) in [5, 5.41) is 16.6. The van der Waals surface area contributed by atoms with Crippen LogP contribution in [0.25, 0.3) is 0 Å². The van der Waals surface area contributed by atoms with Crippen molar-refractivity contribution in [2.45, 2.75) is 52.6 Å². The van der Waals surface area contributed by atoms with Gasteiger partial charge in [0.1, 0.15) is 18.5 Å². The van der Waals surface area contributed by atoms with E-state index in [1.807, 2.05) is 27.7 Å². The molecular weight excluding hydrogens is 422 g/mol. The first kappa shape index (κ1) is 24.6. The number of hydrogen-bond donors (Lipinski definition) is 2. The molecule has 1 unspecified atom stereocenters. The monoisotopic (exact) mass is 455 g/mol. The number of rotatable bonds is 9. The zero-order valence-corrected chi connectivity index (χ0v) is 19.8. The molecule has 3 rings (SSSR count). The Morgan fingerprint density at radius 1 is 1.12 bits per heavy atom. The highest BCUT2D eigenvalue weighted by Crippen LogP contribution is 2.29. The maximum Gasteiger partial charge on any atom is 0.262 e. The number of benzene rings is 1. The summed E-state index contributed by atoms with van der Waals surface area (Å²) in [5.74, 6) is -0.946. The van der Waals surface area contributed by atoms with Crippen LogP contribution in [0, 0.1) is 16.7 Å². The van der Waals surface area contributed by atoms with Gasteiger partial charge < -0.3 is 4.74 Å². The Morgan fingerprint density at radius 2 is 1.70 bits per heavy atom. The number of piperidine rings is 1. The molecule has 2 atom stereocenters. The molecule has 0 saturated carbocycles. The number of amidine groups is 1. The third-order valence-electron chi connectivity index (χ3n) is 6.35. The Hall–Kier alpha value is -3.07. The Bertz CT molecular complexity index is 921. The fraction of sp³-hybridized carbons (Fsp3) is 0.542. The van der Waals surface area contributed by atoms with Gasteiger partial charge in [0, 0.05) is 6.42 Å². The van der Waals surface area contributed by atoms with Crippen molar-refractivity contribution in [3.05, 3.63) is 35.4 Å². The van der Waals surface area contributed by atoms with E-state index in [9.17, 15) is 14.4 Å². The van der Waals surface area contributed by atoms with E-state index in [4.69, 9.17) is 15.6 Å². The predicted molar refractivity (Wildman–Crippen MR) is 125 cm³/mol. The Balaban J connectivity index is 1.66. The smallest absolute Gasteiger partial charge is 0.262 e. The van der Waals surface area contributed by atoms with Crippen molar-refractivity contribution in [3.8, 4) is 0 Å². The molecule has 3 amide bonds. The van der Waals surface area contributed by atoms with Crippen LogP contribution in [0.5, 0.6) is 0 Å². The molecule has 9 nitrogen and oxygen atoms in total. The minimum atomic E-state index is -0.940. The van der Waals surface area contributed by atoms with Gasteiger partial charge in [-0.1, -0.05) is 39.8 Å². The van der Waals surface area contributed by atoms with Crippen LogP contribution in [0.2, 0.25) is 0 Å². The highest BCUT2D eigenvalue weighted by Gasteiger charge is 2.46. The zero-order chi connectivity index (χ0) is 24.3. The zero-order valence-electron chi connectivity index (χ0n) is 19.8. The highest BCUT2D eigenvalue weighted by molar-refractivity contribution is 6.23. The number of nitrogens with one attached hydrogen (secondary N) is 2. The topological polar surface area (TPSA) is 118 Å². The summed E-state index contributed by atoms with van der Waals surface area (Å²) in [6.45, 7) is 9.90. The van der Waals surface area contributed by atoms with Crippen molar-refractivity contribution >= 4 is 29.5 Å². The lowest BCUT2D eigenvalue weighted by atomic mass is 10.0. The second-order valence-electron chi connectivity index (χ2n) is 8.64. The van der Waals surface area contributed by atoms with E-state index in [1.165, 1.54) is 4.90 Å². The molecule has 0 bridgehead atoms. The molecule has 2 N–H and O–H groups in total. The molecule has 1 aromatic rings. The molecule has 9 heteroatoms. The average Bonchev–Trinajstić information content (AvgIpc) is 3.04. The first-order chi connectivity index (χ1) is 15.7. The first-order valence-corrected chi connectivity index (χ1v) is 11.5. The van der Waals surface area contributed by atoms with Gasteiger partial charge in [0.25, 0.3) is 17.7 Å². The fourth-order valence-electron chi connectivity index (χ4n) is 4.66. The largest absolute Gasteiger partial charge is 0.478 e. The van der Waals surface area contributed by atoms with Crippen LogP contribution in [0.1, 0.15) is 61.3 Å². The normalized spacial score (nSPS) is 19.5. The number of amides is 3. The van der Waals surface area contributed by atoms with Crippen LogP contribution in [-0.2, 0) is 9.53 Å². The van der Waals surface area contributed by atoms with E-state index in [-0.39, 0.29) is 49.7 Å². The van der Waals surface area contributed by atoms with Crippen LogP contribution in [-0.4, -0.2) is 82.5 Å². The van der Waals surface area contributed by atoms with Gasteiger partial charge in [-0.3, -0.25) is 39.9 Å². The van der Waals surface area contributed by atoms with Crippen molar-refractivity contribution < 1.29 is 19.1 Å². The lowest BCUT2D eigenvalue weighted by Crippen LogP contribution is -2.56. The number of ether oxygens (including phenoxy) is 1. The molecule has 0 radical (unpaired) electrons. The van der Waals surface area contributed by atoms with Gasteiger partial charge in [-0.25, -0.2) is 0 Å². The van der Waals surface area contributed by atoms with E-state index in [1.54, 1.807) is 24.3 Å². The second-order valence-corrected chi connectivity index (χ2v) is 8.64. The average molecular weight is 456 g/mol. The third kappa shape index (κ3) is 4.68. The van der Waals surface area contributed by atoms with Crippen molar-refractivity contribution in [1.29, 1.82) is 10.8 Å². The molecule has 0 aromatic heterocycles. The number of likely N-dealkylation sites (tertiary alicyclic amines) is 1.